The van der Waals surface area contributed by atoms with Crippen molar-refractivity contribution < 1.29 is 9.90 Å². The van der Waals surface area contributed by atoms with Crippen molar-refractivity contribution in [3.05, 3.63) is 47.9 Å². The van der Waals surface area contributed by atoms with E-state index in [2.05, 4.69) is 33.1 Å². The Hall–Kier alpha value is -2.15. The van der Waals surface area contributed by atoms with Gasteiger partial charge in [-0.1, -0.05) is 12.1 Å². The van der Waals surface area contributed by atoms with Gasteiger partial charge in [0.1, 0.15) is 5.78 Å². The molecular weight excluding hydrogens is 358 g/mol. The maximum absolute atomic E-state index is 12.7. The third-order valence-electron chi connectivity index (χ3n) is 5.31. The second-order valence-corrected chi connectivity index (χ2v) is 7.97. The molecule has 27 heavy (non-hydrogen) atoms. The first kappa shape index (κ1) is 18.2. The number of likely N-dealkylation sites (tertiary alicyclic amines) is 1. The number of thiazole rings is 1. The highest BCUT2D eigenvalue weighted by atomic mass is 32.1. The fourth-order valence-electron chi connectivity index (χ4n) is 3.74. The van der Waals surface area contributed by atoms with E-state index in [4.69, 9.17) is 5.11 Å². The van der Waals surface area contributed by atoms with Gasteiger partial charge in [0.05, 0.1) is 17.0 Å². The number of pyridine rings is 1. The molecule has 0 amide bonds. The van der Waals surface area contributed by atoms with Gasteiger partial charge in [0.2, 0.25) is 0 Å². The number of β-amino-alcohol motifs (C(OH)–C–C–N with tert-alkyl or cyclic N) is 1. The lowest BCUT2D eigenvalue weighted by Crippen LogP contribution is -2.38. The van der Waals surface area contributed by atoms with Gasteiger partial charge in [0, 0.05) is 42.4 Å². The number of piperidine rings is 1. The predicted molar refractivity (Wildman–Crippen MR) is 108 cm³/mol. The first-order chi connectivity index (χ1) is 13.2. The highest BCUT2D eigenvalue weighted by molar-refractivity contribution is 7.13. The average Bonchev–Trinajstić information content (AvgIpc) is 3.23. The number of aliphatic hydroxyl groups is 1. The van der Waals surface area contributed by atoms with Crippen LogP contribution in [0.4, 0.5) is 0 Å². The van der Waals surface area contributed by atoms with Crippen LogP contribution in [-0.4, -0.2) is 52.0 Å². The molecule has 1 fully saturated rings. The van der Waals surface area contributed by atoms with Crippen LogP contribution in [0.2, 0.25) is 0 Å². The number of nitrogens with zero attached hydrogens (tertiary/aromatic N) is 3. The Morgan fingerprint density at radius 3 is 2.78 bits per heavy atom. The first-order valence-electron chi connectivity index (χ1n) is 9.36. The number of fused-ring (bicyclic) bond motifs is 1. The van der Waals surface area contributed by atoms with E-state index in [1.54, 1.807) is 11.3 Å². The standard InChI is InChI=1S/C21H23N3O2S/c25-8-7-24-5-3-15(4-6-24)20(26)11-19-10-18-9-16(21-13-22-14-27-21)1-2-17(18)12-23-19/h1-2,9-10,12-15,25H,3-8,11H2. The normalized spacial score (nSPS) is 16.0. The number of rotatable bonds is 6. The Morgan fingerprint density at radius 1 is 1.19 bits per heavy atom. The molecular formula is C21H23N3O2S. The van der Waals surface area contributed by atoms with Crippen molar-refractivity contribution in [2.45, 2.75) is 19.3 Å². The van der Waals surface area contributed by atoms with Gasteiger partial charge in [0.25, 0.3) is 0 Å². The Labute approximate surface area is 162 Å². The van der Waals surface area contributed by atoms with Crippen molar-refractivity contribution in [2.75, 3.05) is 26.2 Å². The number of aliphatic hydroxyl groups excluding tert-OH is 1. The van der Waals surface area contributed by atoms with Crippen LogP contribution in [0.1, 0.15) is 18.5 Å². The van der Waals surface area contributed by atoms with Crippen molar-refractivity contribution in [3.8, 4) is 10.4 Å². The molecule has 3 aromatic rings. The molecule has 5 nitrogen and oxygen atoms in total. The topological polar surface area (TPSA) is 66.3 Å². The summed E-state index contributed by atoms with van der Waals surface area (Å²) in [5.74, 6) is 0.394. The van der Waals surface area contributed by atoms with Crippen LogP contribution in [0, 0.1) is 5.92 Å². The summed E-state index contributed by atoms with van der Waals surface area (Å²) < 4.78 is 0. The third kappa shape index (κ3) is 4.24. The summed E-state index contributed by atoms with van der Waals surface area (Å²) in [5.41, 5.74) is 3.82. The lowest BCUT2D eigenvalue weighted by atomic mass is 9.90. The van der Waals surface area contributed by atoms with E-state index in [0.29, 0.717) is 13.0 Å². The number of carbonyl (C=O) groups excluding carboxylic acids is 1. The Bertz CT molecular complexity index is 918. The van der Waals surface area contributed by atoms with Gasteiger partial charge in [-0.3, -0.25) is 14.8 Å². The van der Waals surface area contributed by atoms with Crippen molar-refractivity contribution in [1.82, 2.24) is 14.9 Å². The summed E-state index contributed by atoms with van der Waals surface area (Å²) in [6.07, 6.45) is 5.88. The van der Waals surface area contributed by atoms with Crippen molar-refractivity contribution >= 4 is 27.9 Å². The van der Waals surface area contributed by atoms with Gasteiger partial charge < -0.3 is 10.0 Å². The molecule has 140 valence electrons. The van der Waals surface area contributed by atoms with Gasteiger partial charge in [0.15, 0.2) is 0 Å². The molecule has 6 heteroatoms. The molecule has 0 bridgehead atoms. The lowest BCUT2D eigenvalue weighted by Gasteiger charge is -2.30. The number of hydrogen-bond acceptors (Lipinski definition) is 6. The number of Topliss-reactive ketones (excluding diaryl/α,β-unsaturated/α-hetero) is 1. The minimum atomic E-state index is 0.112. The molecule has 4 rings (SSSR count). The molecule has 1 aromatic carbocycles. The zero-order valence-electron chi connectivity index (χ0n) is 15.2. The fourth-order valence-corrected chi connectivity index (χ4v) is 4.36. The predicted octanol–water partition coefficient (Wildman–Crippen LogP) is 3.17. The van der Waals surface area contributed by atoms with Gasteiger partial charge in [-0.15, -0.1) is 11.3 Å². The van der Waals surface area contributed by atoms with E-state index in [-0.39, 0.29) is 18.3 Å². The molecule has 1 aliphatic rings. The van der Waals surface area contributed by atoms with Crippen LogP contribution in [0.25, 0.3) is 21.2 Å². The fraction of sp³-hybridized carbons (Fsp3) is 0.381. The number of benzene rings is 1. The number of carbonyl (C=O) groups is 1. The lowest BCUT2D eigenvalue weighted by molar-refractivity contribution is -0.123. The monoisotopic (exact) mass is 381 g/mol. The Balaban J connectivity index is 1.46. The second-order valence-electron chi connectivity index (χ2n) is 7.09. The molecule has 2 aromatic heterocycles. The van der Waals surface area contributed by atoms with Crippen LogP contribution in [-0.2, 0) is 11.2 Å². The Morgan fingerprint density at radius 2 is 2.04 bits per heavy atom. The summed E-state index contributed by atoms with van der Waals surface area (Å²) in [6, 6.07) is 8.34. The highest BCUT2D eigenvalue weighted by Gasteiger charge is 2.24. The van der Waals surface area contributed by atoms with Crippen LogP contribution in [0.15, 0.2) is 42.2 Å². The van der Waals surface area contributed by atoms with Gasteiger partial charge in [-0.25, -0.2) is 0 Å². The van der Waals surface area contributed by atoms with E-state index < -0.39 is 0 Å². The zero-order chi connectivity index (χ0) is 18.6. The number of ketones is 1. The van der Waals surface area contributed by atoms with Gasteiger partial charge in [-0.05, 0) is 49.0 Å². The average molecular weight is 382 g/mol. The molecule has 0 atom stereocenters. The summed E-state index contributed by atoms with van der Waals surface area (Å²) in [5, 5.41) is 11.2. The van der Waals surface area contributed by atoms with Crippen LogP contribution in [0.5, 0.6) is 0 Å². The van der Waals surface area contributed by atoms with Crippen LogP contribution in [0.3, 0.4) is 0 Å². The SMILES string of the molecule is O=C(Cc1cc2cc(-c3cncs3)ccc2cn1)C1CCN(CCO)CC1. The van der Waals surface area contributed by atoms with Gasteiger partial charge in [-0.2, -0.15) is 0 Å². The molecule has 0 aliphatic carbocycles. The smallest absolute Gasteiger partial charge is 0.142 e. The number of aromatic nitrogens is 2. The first-order valence-corrected chi connectivity index (χ1v) is 10.2. The summed E-state index contributed by atoms with van der Waals surface area (Å²) in [7, 11) is 0. The van der Waals surface area contributed by atoms with Crippen molar-refractivity contribution in [1.29, 1.82) is 0 Å². The molecule has 0 radical (unpaired) electrons. The quantitative estimate of drug-likeness (QED) is 0.710. The molecule has 1 saturated heterocycles. The van der Waals surface area contributed by atoms with E-state index in [0.717, 1.165) is 52.8 Å². The van der Waals surface area contributed by atoms with Crippen LogP contribution < -0.4 is 0 Å². The van der Waals surface area contributed by atoms with E-state index >= 15 is 0 Å². The maximum Gasteiger partial charge on any atom is 0.142 e. The zero-order valence-corrected chi connectivity index (χ0v) is 16.0. The summed E-state index contributed by atoms with van der Waals surface area (Å²) in [6.45, 7) is 2.67. The van der Waals surface area contributed by atoms with Gasteiger partial charge >= 0.3 is 0 Å². The summed E-state index contributed by atoms with van der Waals surface area (Å²) in [4.78, 5) is 24.7. The number of hydrogen-bond donors (Lipinski definition) is 1. The largest absolute Gasteiger partial charge is 0.395 e. The molecule has 1 N–H and O–H groups in total. The molecule has 1 aliphatic heterocycles. The summed E-state index contributed by atoms with van der Waals surface area (Å²) >= 11 is 1.62. The van der Waals surface area contributed by atoms with E-state index in [1.165, 1.54) is 0 Å². The minimum absolute atomic E-state index is 0.112. The Kier molecular flexibility index (Phi) is 5.57. The third-order valence-corrected chi connectivity index (χ3v) is 6.13. The molecule has 0 saturated carbocycles. The second kappa shape index (κ2) is 8.25. The van der Waals surface area contributed by atoms with Crippen molar-refractivity contribution in [3.63, 3.8) is 0 Å². The highest BCUT2D eigenvalue weighted by Crippen LogP contribution is 2.27. The molecule has 0 spiro atoms. The van der Waals surface area contributed by atoms with E-state index in [9.17, 15) is 4.79 Å². The minimum Gasteiger partial charge on any atom is -0.395 e. The van der Waals surface area contributed by atoms with Crippen LogP contribution >= 0.6 is 11.3 Å². The molecule has 3 heterocycles. The maximum atomic E-state index is 12.7. The molecule has 0 unspecified atom stereocenters. The van der Waals surface area contributed by atoms with E-state index in [1.807, 2.05) is 24.0 Å². The van der Waals surface area contributed by atoms with Crippen molar-refractivity contribution in [2.24, 2.45) is 5.92 Å².